The zero-order chi connectivity index (χ0) is 18.1. The Hall–Kier alpha value is -2.47. The zero-order valence-corrected chi connectivity index (χ0v) is 15.7. The molecule has 0 amide bonds. The number of rotatable bonds is 4. The predicted octanol–water partition coefficient (Wildman–Crippen LogP) is 3.44. The standard InChI is InChI=1S/C19H21ClN6/c1-25(11-17-21-12-22-26(17)2)19-15-8-3-4-9-16(15)23-18(24-19)13-6-5-7-14(20)10-13/h5-7,10,12H,3-4,8-9,11H2,1-2H3. The van der Waals surface area contributed by atoms with E-state index in [1.54, 1.807) is 11.0 Å². The molecule has 1 aliphatic carbocycles. The van der Waals surface area contributed by atoms with E-state index in [1.807, 2.05) is 38.4 Å². The van der Waals surface area contributed by atoms with E-state index in [2.05, 4.69) is 15.0 Å². The molecular weight excluding hydrogens is 348 g/mol. The van der Waals surface area contributed by atoms with E-state index in [0.717, 1.165) is 41.6 Å². The molecule has 1 aromatic carbocycles. The molecule has 0 saturated heterocycles. The second kappa shape index (κ2) is 7.03. The summed E-state index contributed by atoms with van der Waals surface area (Å²) in [5.74, 6) is 2.61. The highest BCUT2D eigenvalue weighted by Crippen LogP contribution is 2.31. The van der Waals surface area contributed by atoms with Gasteiger partial charge >= 0.3 is 0 Å². The Kier molecular flexibility index (Phi) is 4.59. The van der Waals surface area contributed by atoms with Crippen LogP contribution in [0, 0.1) is 0 Å². The molecule has 0 spiro atoms. The average Bonchev–Trinajstić information content (AvgIpc) is 3.05. The predicted molar refractivity (Wildman–Crippen MR) is 102 cm³/mol. The van der Waals surface area contributed by atoms with E-state index >= 15 is 0 Å². The molecule has 0 bridgehead atoms. The Labute approximate surface area is 157 Å². The second-order valence-corrected chi connectivity index (χ2v) is 7.11. The number of anilines is 1. The van der Waals surface area contributed by atoms with Crippen LogP contribution in [-0.4, -0.2) is 31.8 Å². The third kappa shape index (κ3) is 3.29. The molecule has 0 radical (unpaired) electrons. The lowest BCUT2D eigenvalue weighted by Crippen LogP contribution is -2.24. The van der Waals surface area contributed by atoms with Crippen molar-refractivity contribution in [1.29, 1.82) is 0 Å². The van der Waals surface area contributed by atoms with Gasteiger partial charge in [0, 0.05) is 35.9 Å². The largest absolute Gasteiger partial charge is 0.352 e. The SMILES string of the molecule is CN(Cc1ncnn1C)c1nc(-c2cccc(Cl)c2)nc2c1CCCC2. The summed E-state index contributed by atoms with van der Waals surface area (Å²) in [4.78, 5) is 16.2. The molecule has 0 atom stereocenters. The summed E-state index contributed by atoms with van der Waals surface area (Å²) in [5.41, 5.74) is 3.35. The van der Waals surface area contributed by atoms with Gasteiger partial charge in [0.15, 0.2) is 5.82 Å². The van der Waals surface area contributed by atoms with E-state index in [0.29, 0.717) is 11.6 Å². The van der Waals surface area contributed by atoms with Crippen LogP contribution in [0.3, 0.4) is 0 Å². The van der Waals surface area contributed by atoms with E-state index in [1.165, 1.54) is 18.4 Å². The Morgan fingerprint density at radius 2 is 2.04 bits per heavy atom. The molecule has 4 rings (SSSR count). The minimum absolute atomic E-state index is 0.648. The van der Waals surface area contributed by atoms with Gasteiger partial charge in [-0.15, -0.1) is 0 Å². The van der Waals surface area contributed by atoms with Gasteiger partial charge in [0.25, 0.3) is 0 Å². The van der Waals surface area contributed by atoms with Crippen molar-refractivity contribution < 1.29 is 0 Å². The highest BCUT2D eigenvalue weighted by Gasteiger charge is 2.21. The van der Waals surface area contributed by atoms with Crippen LogP contribution in [0.15, 0.2) is 30.6 Å². The van der Waals surface area contributed by atoms with Crippen molar-refractivity contribution in [3.63, 3.8) is 0 Å². The van der Waals surface area contributed by atoms with Crippen LogP contribution in [-0.2, 0) is 26.4 Å². The highest BCUT2D eigenvalue weighted by molar-refractivity contribution is 6.30. The minimum atomic E-state index is 0.648. The summed E-state index contributed by atoms with van der Waals surface area (Å²) >= 11 is 6.17. The summed E-state index contributed by atoms with van der Waals surface area (Å²) in [6.07, 6.45) is 5.94. The van der Waals surface area contributed by atoms with Crippen molar-refractivity contribution in [2.75, 3.05) is 11.9 Å². The van der Waals surface area contributed by atoms with Crippen molar-refractivity contribution in [1.82, 2.24) is 24.7 Å². The maximum Gasteiger partial charge on any atom is 0.161 e. The van der Waals surface area contributed by atoms with Gasteiger partial charge < -0.3 is 4.90 Å². The van der Waals surface area contributed by atoms with Gasteiger partial charge in [0.1, 0.15) is 18.0 Å². The third-order valence-electron chi connectivity index (χ3n) is 4.79. The Balaban J connectivity index is 1.77. The molecule has 1 aliphatic rings. The van der Waals surface area contributed by atoms with Crippen LogP contribution in [0.2, 0.25) is 5.02 Å². The lowest BCUT2D eigenvalue weighted by molar-refractivity contribution is 0.651. The summed E-state index contributed by atoms with van der Waals surface area (Å²) in [5, 5.41) is 4.85. The zero-order valence-electron chi connectivity index (χ0n) is 15.0. The first-order valence-corrected chi connectivity index (χ1v) is 9.19. The molecule has 0 saturated carbocycles. The molecule has 0 N–H and O–H groups in total. The number of halogens is 1. The van der Waals surface area contributed by atoms with E-state index in [4.69, 9.17) is 21.6 Å². The number of hydrogen-bond donors (Lipinski definition) is 0. The third-order valence-corrected chi connectivity index (χ3v) is 5.02. The summed E-state index contributed by atoms with van der Waals surface area (Å²) in [6, 6.07) is 7.72. The number of nitrogens with zero attached hydrogens (tertiary/aromatic N) is 6. The molecule has 7 heteroatoms. The minimum Gasteiger partial charge on any atom is -0.352 e. The van der Waals surface area contributed by atoms with Crippen LogP contribution >= 0.6 is 11.6 Å². The fourth-order valence-corrected chi connectivity index (χ4v) is 3.59. The normalized spacial score (nSPS) is 13.5. The smallest absolute Gasteiger partial charge is 0.161 e. The van der Waals surface area contributed by atoms with Gasteiger partial charge in [0.2, 0.25) is 0 Å². The first kappa shape index (κ1) is 17.0. The molecule has 2 aromatic heterocycles. The number of hydrogen-bond acceptors (Lipinski definition) is 5. The van der Waals surface area contributed by atoms with Crippen LogP contribution in [0.4, 0.5) is 5.82 Å². The summed E-state index contributed by atoms with van der Waals surface area (Å²) in [6.45, 7) is 0.648. The fraction of sp³-hybridized carbons (Fsp3) is 0.368. The number of fused-ring (bicyclic) bond motifs is 1. The van der Waals surface area contributed by atoms with Gasteiger partial charge in [-0.25, -0.2) is 15.0 Å². The summed E-state index contributed by atoms with van der Waals surface area (Å²) in [7, 11) is 3.96. The first-order chi connectivity index (χ1) is 12.6. The lowest BCUT2D eigenvalue weighted by Gasteiger charge is -2.25. The van der Waals surface area contributed by atoms with Crippen molar-refractivity contribution in [3.05, 3.63) is 52.7 Å². The number of aromatic nitrogens is 5. The molecular formula is C19H21ClN6. The molecule has 134 valence electrons. The van der Waals surface area contributed by atoms with Crippen molar-refractivity contribution in [3.8, 4) is 11.4 Å². The van der Waals surface area contributed by atoms with Gasteiger partial charge in [0.05, 0.1) is 6.54 Å². The lowest BCUT2D eigenvalue weighted by atomic mass is 9.95. The molecule has 3 aromatic rings. The number of aryl methyl sites for hydroxylation is 2. The van der Waals surface area contributed by atoms with Crippen molar-refractivity contribution in [2.45, 2.75) is 32.2 Å². The van der Waals surface area contributed by atoms with Gasteiger partial charge in [-0.05, 0) is 37.8 Å². The Morgan fingerprint density at radius 3 is 2.81 bits per heavy atom. The van der Waals surface area contributed by atoms with Crippen LogP contribution in [0.5, 0.6) is 0 Å². The summed E-state index contributed by atoms with van der Waals surface area (Å²) < 4.78 is 1.79. The average molecular weight is 369 g/mol. The molecule has 6 nitrogen and oxygen atoms in total. The monoisotopic (exact) mass is 368 g/mol. The van der Waals surface area contributed by atoms with E-state index < -0.39 is 0 Å². The van der Waals surface area contributed by atoms with E-state index in [-0.39, 0.29) is 0 Å². The second-order valence-electron chi connectivity index (χ2n) is 6.67. The van der Waals surface area contributed by atoms with Gasteiger partial charge in [-0.1, -0.05) is 23.7 Å². The van der Waals surface area contributed by atoms with Crippen molar-refractivity contribution >= 4 is 17.4 Å². The molecule has 2 heterocycles. The van der Waals surface area contributed by atoms with Gasteiger partial charge in [-0.2, -0.15) is 5.10 Å². The van der Waals surface area contributed by atoms with Gasteiger partial charge in [-0.3, -0.25) is 4.68 Å². The molecule has 0 unspecified atom stereocenters. The number of benzene rings is 1. The van der Waals surface area contributed by atoms with Crippen LogP contribution < -0.4 is 4.90 Å². The fourth-order valence-electron chi connectivity index (χ4n) is 3.40. The maximum absolute atomic E-state index is 6.17. The van der Waals surface area contributed by atoms with E-state index in [9.17, 15) is 0 Å². The Bertz CT molecular complexity index is 936. The van der Waals surface area contributed by atoms with Crippen LogP contribution in [0.25, 0.3) is 11.4 Å². The maximum atomic E-state index is 6.17. The first-order valence-electron chi connectivity index (χ1n) is 8.81. The molecule has 0 aliphatic heterocycles. The quantitative estimate of drug-likeness (QED) is 0.706. The van der Waals surface area contributed by atoms with Crippen LogP contribution in [0.1, 0.15) is 29.9 Å². The van der Waals surface area contributed by atoms with Crippen molar-refractivity contribution in [2.24, 2.45) is 7.05 Å². The molecule has 26 heavy (non-hydrogen) atoms. The molecule has 0 fully saturated rings. The Morgan fingerprint density at radius 1 is 1.19 bits per heavy atom. The topological polar surface area (TPSA) is 59.7 Å². The highest BCUT2D eigenvalue weighted by atomic mass is 35.5.